The number of hydrazone groups is 1. The van der Waals surface area contributed by atoms with Gasteiger partial charge in [-0.05, 0) is 28.0 Å². The highest BCUT2D eigenvalue weighted by molar-refractivity contribution is 6.05. The minimum Gasteiger partial charge on any atom is -0.493 e. The van der Waals surface area contributed by atoms with Crippen LogP contribution in [0.3, 0.4) is 0 Å². The van der Waals surface area contributed by atoms with Gasteiger partial charge < -0.3 is 14.2 Å². The lowest BCUT2D eigenvalue weighted by Gasteiger charge is -2.22. The monoisotopic (exact) mass is 442 g/mol. The Labute approximate surface area is 190 Å². The van der Waals surface area contributed by atoms with Gasteiger partial charge in [-0.2, -0.15) is 5.10 Å². The molecule has 0 aliphatic carbocycles. The third-order valence-corrected chi connectivity index (χ3v) is 5.61. The average Bonchev–Trinajstić information content (AvgIpc) is 3.33. The Kier molecular flexibility index (Phi) is 5.76. The Morgan fingerprint density at radius 1 is 0.970 bits per heavy atom. The molecule has 0 aromatic heterocycles. The highest BCUT2D eigenvalue weighted by Gasteiger charge is 2.34. The molecule has 2 aliphatic heterocycles. The van der Waals surface area contributed by atoms with Gasteiger partial charge in [-0.1, -0.05) is 66.7 Å². The molecular weight excluding hydrogens is 420 g/mol. The van der Waals surface area contributed by atoms with Crippen LogP contribution >= 0.6 is 0 Å². The molecule has 0 N–H and O–H groups in total. The van der Waals surface area contributed by atoms with E-state index in [1.807, 2.05) is 48.5 Å². The second-order valence-electron chi connectivity index (χ2n) is 7.76. The summed E-state index contributed by atoms with van der Waals surface area (Å²) < 4.78 is 15.4. The minimum absolute atomic E-state index is 0.0459. The van der Waals surface area contributed by atoms with Crippen molar-refractivity contribution in [3.05, 3.63) is 95.9 Å². The molecule has 2 aliphatic rings. The number of hydrogen-bond donors (Lipinski definition) is 0. The number of carbonyl (C=O) groups is 2. The van der Waals surface area contributed by atoms with Crippen LogP contribution in [0.4, 0.5) is 0 Å². The fourth-order valence-electron chi connectivity index (χ4n) is 3.96. The van der Waals surface area contributed by atoms with Crippen molar-refractivity contribution in [2.24, 2.45) is 5.10 Å². The van der Waals surface area contributed by atoms with E-state index in [-0.39, 0.29) is 18.4 Å². The van der Waals surface area contributed by atoms with E-state index in [0.717, 1.165) is 27.6 Å². The van der Waals surface area contributed by atoms with Gasteiger partial charge in [-0.15, -0.1) is 0 Å². The molecule has 5 rings (SSSR count). The first-order chi connectivity index (χ1) is 16.2. The zero-order valence-corrected chi connectivity index (χ0v) is 17.8. The molecule has 33 heavy (non-hydrogen) atoms. The van der Waals surface area contributed by atoms with E-state index >= 15 is 0 Å². The van der Waals surface area contributed by atoms with Crippen molar-refractivity contribution in [1.82, 2.24) is 5.01 Å². The highest BCUT2D eigenvalue weighted by atomic mass is 16.6. The van der Waals surface area contributed by atoms with Crippen LogP contribution in [-0.4, -0.2) is 42.4 Å². The summed E-state index contributed by atoms with van der Waals surface area (Å²) in [6, 6.07) is 23.7. The molecule has 1 amide bonds. The maximum absolute atomic E-state index is 13.1. The molecule has 1 unspecified atom stereocenters. The molecule has 166 valence electrons. The summed E-state index contributed by atoms with van der Waals surface area (Å²) in [4.78, 5) is 25.2. The third kappa shape index (κ3) is 4.43. The quantitative estimate of drug-likeness (QED) is 0.559. The standard InChI is InChI=1S/C26H22N2O5/c29-25(17-33-26(30)24-16-31-12-13-32-24)28-23(19-7-2-1-3-8-19)15-22(27-28)21-11-10-18-6-4-5-9-20(18)14-21/h1-11,14,16,23H,12-13,15,17H2. The predicted molar refractivity (Wildman–Crippen MR) is 122 cm³/mol. The Balaban J connectivity index is 1.38. The van der Waals surface area contributed by atoms with Crippen LogP contribution in [0.25, 0.3) is 10.8 Å². The molecule has 7 nitrogen and oxygen atoms in total. The first kappa shape index (κ1) is 20.8. The zero-order valence-electron chi connectivity index (χ0n) is 17.8. The minimum atomic E-state index is -0.739. The summed E-state index contributed by atoms with van der Waals surface area (Å²) in [5.74, 6) is -1.20. The highest BCUT2D eigenvalue weighted by Crippen LogP contribution is 2.33. The van der Waals surface area contributed by atoms with Gasteiger partial charge >= 0.3 is 5.97 Å². The largest absolute Gasteiger partial charge is 0.493 e. The predicted octanol–water partition coefficient (Wildman–Crippen LogP) is 3.95. The van der Waals surface area contributed by atoms with Gasteiger partial charge in [0.15, 0.2) is 6.61 Å². The average molecular weight is 442 g/mol. The van der Waals surface area contributed by atoms with Crippen LogP contribution in [0.2, 0.25) is 0 Å². The van der Waals surface area contributed by atoms with Gasteiger partial charge in [0, 0.05) is 6.42 Å². The number of ether oxygens (including phenoxy) is 3. The lowest BCUT2D eigenvalue weighted by atomic mass is 9.97. The van der Waals surface area contributed by atoms with E-state index in [1.54, 1.807) is 0 Å². The Hall–Kier alpha value is -4.13. The first-order valence-electron chi connectivity index (χ1n) is 10.7. The lowest BCUT2D eigenvalue weighted by molar-refractivity contribution is -0.153. The van der Waals surface area contributed by atoms with Crippen LogP contribution < -0.4 is 0 Å². The third-order valence-electron chi connectivity index (χ3n) is 5.61. The van der Waals surface area contributed by atoms with Crippen molar-refractivity contribution in [3.63, 3.8) is 0 Å². The summed E-state index contributed by atoms with van der Waals surface area (Å²) in [6.45, 7) is 0.183. The second kappa shape index (κ2) is 9.16. The topological polar surface area (TPSA) is 77.4 Å². The van der Waals surface area contributed by atoms with Crippen LogP contribution in [0.15, 0.2) is 89.9 Å². The number of fused-ring (bicyclic) bond motifs is 1. The summed E-state index contributed by atoms with van der Waals surface area (Å²) in [7, 11) is 0. The summed E-state index contributed by atoms with van der Waals surface area (Å²) >= 11 is 0. The van der Waals surface area contributed by atoms with Crippen molar-refractivity contribution < 1.29 is 23.8 Å². The van der Waals surface area contributed by atoms with E-state index in [1.165, 1.54) is 11.3 Å². The van der Waals surface area contributed by atoms with Crippen molar-refractivity contribution in [2.75, 3.05) is 19.8 Å². The smallest absolute Gasteiger partial charge is 0.377 e. The van der Waals surface area contributed by atoms with Gasteiger partial charge in [0.1, 0.15) is 19.5 Å². The van der Waals surface area contributed by atoms with E-state index in [2.05, 4.69) is 29.4 Å². The molecule has 0 fully saturated rings. The normalized spacial score (nSPS) is 17.6. The molecule has 2 heterocycles. The second-order valence-corrected chi connectivity index (χ2v) is 7.76. The summed E-state index contributed by atoms with van der Waals surface area (Å²) in [5, 5.41) is 8.32. The molecule has 0 saturated carbocycles. The molecular formula is C26H22N2O5. The summed E-state index contributed by atoms with van der Waals surface area (Å²) in [6.07, 6.45) is 1.76. The number of nitrogens with zero attached hydrogens (tertiary/aromatic N) is 2. The fourth-order valence-corrected chi connectivity index (χ4v) is 3.96. The van der Waals surface area contributed by atoms with Crippen LogP contribution in [0, 0.1) is 0 Å². The maximum atomic E-state index is 13.1. The van der Waals surface area contributed by atoms with Crippen LogP contribution in [-0.2, 0) is 23.8 Å². The number of benzene rings is 3. The molecule has 0 saturated heterocycles. The molecule has 3 aromatic carbocycles. The van der Waals surface area contributed by atoms with E-state index in [9.17, 15) is 9.59 Å². The summed E-state index contributed by atoms with van der Waals surface area (Å²) in [5.41, 5.74) is 2.73. The molecule has 1 atom stereocenters. The molecule has 3 aromatic rings. The van der Waals surface area contributed by atoms with Crippen molar-refractivity contribution in [2.45, 2.75) is 12.5 Å². The Bertz CT molecular complexity index is 1250. The van der Waals surface area contributed by atoms with Crippen molar-refractivity contribution >= 4 is 28.4 Å². The van der Waals surface area contributed by atoms with Gasteiger partial charge in [0.25, 0.3) is 5.91 Å². The van der Waals surface area contributed by atoms with Gasteiger partial charge in [0.2, 0.25) is 5.76 Å². The first-order valence-corrected chi connectivity index (χ1v) is 10.7. The maximum Gasteiger partial charge on any atom is 0.377 e. The number of hydrogen-bond acceptors (Lipinski definition) is 6. The van der Waals surface area contributed by atoms with Crippen LogP contribution in [0.5, 0.6) is 0 Å². The number of amides is 1. The number of esters is 1. The molecule has 0 bridgehead atoms. The Morgan fingerprint density at radius 3 is 2.55 bits per heavy atom. The van der Waals surface area contributed by atoms with Gasteiger partial charge in [-0.3, -0.25) is 4.79 Å². The van der Waals surface area contributed by atoms with E-state index < -0.39 is 18.5 Å². The number of carbonyl (C=O) groups excluding carboxylic acids is 2. The van der Waals surface area contributed by atoms with Crippen LogP contribution in [0.1, 0.15) is 23.6 Å². The Morgan fingerprint density at radius 2 is 1.76 bits per heavy atom. The number of rotatable bonds is 5. The fraction of sp³-hybridized carbons (Fsp3) is 0.192. The van der Waals surface area contributed by atoms with Crippen molar-refractivity contribution in [3.8, 4) is 0 Å². The molecule has 0 spiro atoms. The molecule has 0 radical (unpaired) electrons. The van der Waals surface area contributed by atoms with E-state index in [0.29, 0.717) is 13.0 Å². The van der Waals surface area contributed by atoms with E-state index in [4.69, 9.17) is 14.2 Å². The SMILES string of the molecule is O=C(OCC(=O)N1N=C(c2ccc3ccccc3c2)CC1c1ccccc1)C1=COCCO1. The van der Waals surface area contributed by atoms with Crippen molar-refractivity contribution in [1.29, 1.82) is 0 Å². The molecule has 7 heteroatoms. The zero-order chi connectivity index (χ0) is 22.6. The lowest BCUT2D eigenvalue weighted by Crippen LogP contribution is -2.32. The van der Waals surface area contributed by atoms with Gasteiger partial charge in [0.05, 0.1) is 11.8 Å². The van der Waals surface area contributed by atoms with Gasteiger partial charge in [-0.25, -0.2) is 9.80 Å².